The van der Waals surface area contributed by atoms with Gasteiger partial charge in [-0.3, -0.25) is 9.59 Å². The van der Waals surface area contributed by atoms with E-state index in [2.05, 4.69) is 6.92 Å². The molecule has 0 radical (unpaired) electrons. The third-order valence-electron chi connectivity index (χ3n) is 8.23. The zero-order valence-electron chi connectivity index (χ0n) is 36.0. The summed E-state index contributed by atoms with van der Waals surface area (Å²) in [5.74, 6) is -0.449. The second kappa shape index (κ2) is 50.6. The highest BCUT2D eigenvalue weighted by atomic mass is 16.6. The first-order valence-electron chi connectivity index (χ1n) is 21.8. The Labute approximate surface area is 345 Å². The summed E-state index contributed by atoms with van der Waals surface area (Å²) in [7, 11) is 0. The van der Waals surface area contributed by atoms with Crippen molar-refractivity contribution in [2.24, 2.45) is 0 Å². The lowest BCUT2D eigenvalue weighted by molar-refractivity contribution is -0.145. The normalized spacial score (nSPS) is 11.4. The van der Waals surface area contributed by atoms with Gasteiger partial charge in [-0.1, -0.05) is 84.0 Å². The molecule has 0 unspecified atom stereocenters. The molecule has 0 fully saturated rings. The number of carbonyl (C=O) groups excluding carboxylic acids is 2. The predicted molar refractivity (Wildman–Crippen MR) is 217 cm³/mol. The van der Waals surface area contributed by atoms with Crippen LogP contribution in [0.2, 0.25) is 0 Å². The molecule has 0 aromatic heterocycles. The van der Waals surface area contributed by atoms with Gasteiger partial charge in [0.15, 0.2) is 0 Å². The predicted octanol–water partition coefficient (Wildman–Crippen LogP) is 5.76. The molecule has 0 N–H and O–H groups in total. The minimum absolute atomic E-state index is 0.136. The van der Waals surface area contributed by atoms with Gasteiger partial charge in [-0.2, -0.15) is 0 Å². The lowest BCUT2D eigenvalue weighted by Gasteiger charge is -2.09. The Morgan fingerprint density at radius 3 is 0.737 bits per heavy atom. The zero-order valence-corrected chi connectivity index (χ0v) is 36.0. The van der Waals surface area contributed by atoms with Crippen molar-refractivity contribution in [3.8, 4) is 0 Å². The van der Waals surface area contributed by atoms with Gasteiger partial charge < -0.3 is 61.6 Å². The van der Waals surface area contributed by atoms with Crippen LogP contribution in [-0.2, 0) is 71.2 Å². The van der Waals surface area contributed by atoms with Crippen LogP contribution in [0.4, 0.5) is 0 Å². The van der Waals surface area contributed by atoms with E-state index >= 15 is 0 Å². The van der Waals surface area contributed by atoms with Crippen molar-refractivity contribution in [1.82, 2.24) is 0 Å². The maximum absolute atomic E-state index is 11.9. The van der Waals surface area contributed by atoms with Crippen LogP contribution in [0.3, 0.4) is 0 Å². The summed E-state index contributed by atoms with van der Waals surface area (Å²) in [6.07, 6.45) is 17.3. The summed E-state index contributed by atoms with van der Waals surface area (Å²) in [5, 5.41) is 0. The van der Waals surface area contributed by atoms with Crippen molar-refractivity contribution in [3.05, 3.63) is 0 Å². The van der Waals surface area contributed by atoms with Gasteiger partial charge in [-0.15, -0.1) is 0 Å². The second-order valence-corrected chi connectivity index (χ2v) is 13.3. The third-order valence-corrected chi connectivity index (χ3v) is 8.23. The van der Waals surface area contributed by atoms with Crippen molar-refractivity contribution in [1.29, 1.82) is 0 Å². The molecule has 0 aliphatic carbocycles. The fourth-order valence-corrected chi connectivity index (χ4v) is 5.12. The molecule has 57 heavy (non-hydrogen) atoms. The van der Waals surface area contributed by atoms with Gasteiger partial charge in [0.25, 0.3) is 0 Å². The van der Waals surface area contributed by atoms with Gasteiger partial charge in [0.2, 0.25) is 0 Å². The highest BCUT2D eigenvalue weighted by Gasteiger charge is 2.03. The summed E-state index contributed by atoms with van der Waals surface area (Å²) in [6.45, 7) is 14.5. The highest BCUT2D eigenvalue weighted by Crippen LogP contribution is 2.13. The first-order chi connectivity index (χ1) is 28.2. The SMILES string of the molecule is CCCCCCCCCCCCCCCC(=O)OCCOCCOCCOCCOCCOCCOCCOCCOCCOCCOCCOCCOC(C)=O. The van der Waals surface area contributed by atoms with Crippen LogP contribution >= 0.6 is 0 Å². The van der Waals surface area contributed by atoms with E-state index in [1.54, 1.807) is 0 Å². The smallest absolute Gasteiger partial charge is 0.305 e. The van der Waals surface area contributed by atoms with Crippen molar-refractivity contribution in [2.75, 3.05) is 159 Å². The molecular weight excluding hydrogens is 744 g/mol. The van der Waals surface area contributed by atoms with Crippen molar-refractivity contribution < 1.29 is 71.2 Å². The minimum Gasteiger partial charge on any atom is -0.463 e. The fraction of sp³-hybridized carbons (Fsp3) is 0.952. The van der Waals surface area contributed by atoms with E-state index in [1.165, 1.54) is 77.6 Å². The summed E-state index contributed by atoms with van der Waals surface area (Å²) in [4.78, 5) is 22.5. The summed E-state index contributed by atoms with van der Waals surface area (Å²) < 4.78 is 70.0. The van der Waals surface area contributed by atoms with E-state index in [-0.39, 0.29) is 25.2 Å². The second-order valence-electron chi connectivity index (χ2n) is 13.3. The van der Waals surface area contributed by atoms with Crippen LogP contribution in [0.15, 0.2) is 0 Å². The molecule has 0 aromatic rings. The zero-order chi connectivity index (χ0) is 41.2. The number of hydrogen-bond acceptors (Lipinski definition) is 15. The number of carbonyl (C=O) groups is 2. The van der Waals surface area contributed by atoms with Crippen LogP contribution in [0.5, 0.6) is 0 Å². The standard InChI is InChI=1S/C42H82O15/c1-3-4-5-6-7-8-9-10-11-12-13-14-15-16-42(44)57-40-38-55-36-34-53-32-30-51-28-26-49-24-22-47-20-18-45-17-19-46-21-23-48-25-27-50-29-31-52-33-35-54-37-39-56-41(2)43/h3-40H2,1-2H3. The van der Waals surface area contributed by atoms with E-state index in [4.69, 9.17) is 61.6 Å². The van der Waals surface area contributed by atoms with E-state index in [0.29, 0.717) is 152 Å². The van der Waals surface area contributed by atoms with Crippen molar-refractivity contribution in [3.63, 3.8) is 0 Å². The van der Waals surface area contributed by atoms with Gasteiger partial charge in [-0.25, -0.2) is 0 Å². The van der Waals surface area contributed by atoms with Crippen molar-refractivity contribution >= 4 is 11.9 Å². The Morgan fingerprint density at radius 2 is 0.491 bits per heavy atom. The van der Waals surface area contributed by atoms with Crippen LogP contribution < -0.4 is 0 Å². The number of unbranched alkanes of at least 4 members (excludes halogenated alkanes) is 12. The number of ether oxygens (including phenoxy) is 13. The van der Waals surface area contributed by atoms with E-state index < -0.39 is 0 Å². The molecule has 0 aliphatic rings. The molecule has 0 saturated heterocycles. The Balaban J connectivity index is 3.12. The minimum atomic E-state index is -0.313. The van der Waals surface area contributed by atoms with E-state index in [1.807, 2.05) is 0 Å². The fourth-order valence-electron chi connectivity index (χ4n) is 5.12. The maximum atomic E-state index is 11.9. The molecule has 0 amide bonds. The van der Waals surface area contributed by atoms with Crippen LogP contribution in [0, 0.1) is 0 Å². The Bertz CT molecular complexity index is 793. The molecule has 15 heteroatoms. The molecule has 0 atom stereocenters. The summed E-state index contributed by atoms with van der Waals surface area (Å²) in [5.41, 5.74) is 0. The van der Waals surface area contributed by atoms with Crippen LogP contribution in [0.25, 0.3) is 0 Å². The van der Waals surface area contributed by atoms with Crippen LogP contribution in [-0.4, -0.2) is 171 Å². The van der Waals surface area contributed by atoms with E-state index in [9.17, 15) is 9.59 Å². The van der Waals surface area contributed by atoms with Gasteiger partial charge >= 0.3 is 11.9 Å². The summed E-state index contributed by atoms with van der Waals surface area (Å²) in [6, 6.07) is 0. The topological polar surface area (TPSA) is 154 Å². The molecule has 0 rings (SSSR count). The number of rotatable bonds is 50. The van der Waals surface area contributed by atoms with Gasteiger partial charge in [0.1, 0.15) is 13.2 Å². The van der Waals surface area contributed by atoms with Crippen LogP contribution in [0.1, 0.15) is 104 Å². The molecule has 0 heterocycles. The Morgan fingerprint density at radius 1 is 0.281 bits per heavy atom. The molecular formula is C42H82O15. The molecule has 0 saturated carbocycles. The van der Waals surface area contributed by atoms with E-state index in [0.717, 1.165) is 12.8 Å². The highest BCUT2D eigenvalue weighted by molar-refractivity contribution is 5.69. The lowest BCUT2D eigenvalue weighted by Crippen LogP contribution is -2.16. The Hall–Kier alpha value is -1.50. The average molecular weight is 827 g/mol. The summed E-state index contributed by atoms with van der Waals surface area (Å²) >= 11 is 0. The Kier molecular flexibility index (Phi) is 49.3. The number of hydrogen-bond donors (Lipinski definition) is 0. The largest absolute Gasteiger partial charge is 0.463 e. The monoisotopic (exact) mass is 827 g/mol. The number of esters is 2. The molecule has 0 bridgehead atoms. The average Bonchev–Trinajstić information content (AvgIpc) is 3.20. The lowest BCUT2D eigenvalue weighted by atomic mass is 10.0. The van der Waals surface area contributed by atoms with Crippen molar-refractivity contribution in [2.45, 2.75) is 104 Å². The molecule has 0 aliphatic heterocycles. The maximum Gasteiger partial charge on any atom is 0.305 e. The molecule has 0 spiro atoms. The first-order valence-corrected chi connectivity index (χ1v) is 21.8. The third kappa shape index (κ3) is 52.5. The first kappa shape index (κ1) is 55.5. The molecule has 15 nitrogen and oxygen atoms in total. The molecule has 0 aromatic carbocycles. The molecule has 340 valence electrons. The quantitative estimate of drug-likeness (QED) is 0.0539. The van der Waals surface area contributed by atoms with Gasteiger partial charge in [-0.05, 0) is 6.42 Å². The van der Waals surface area contributed by atoms with Gasteiger partial charge in [0.05, 0.1) is 145 Å². The van der Waals surface area contributed by atoms with Gasteiger partial charge in [0, 0.05) is 13.3 Å².